The number of carbonyl (C=O) groups excluding carboxylic acids is 2. The Balaban J connectivity index is 2.36. The number of methoxy groups -OCH3 is 1. The van der Waals surface area contributed by atoms with Crippen molar-refractivity contribution in [3.8, 4) is 17.6 Å². The Hall–Kier alpha value is -2.86. The number of carbonyl (C=O) groups is 2. The van der Waals surface area contributed by atoms with Gasteiger partial charge in [-0.15, -0.1) is 0 Å². The Morgan fingerprint density at radius 3 is 2.62 bits per heavy atom. The summed E-state index contributed by atoms with van der Waals surface area (Å²) in [5, 5.41) is 21.8. The van der Waals surface area contributed by atoms with Crippen LogP contribution in [0.3, 0.4) is 0 Å². The van der Waals surface area contributed by atoms with Gasteiger partial charge in [-0.05, 0) is 65.4 Å². The molecule has 26 heavy (non-hydrogen) atoms. The van der Waals surface area contributed by atoms with E-state index >= 15 is 0 Å². The third kappa shape index (κ3) is 4.40. The molecule has 0 bridgehead atoms. The second kappa shape index (κ2) is 8.49. The predicted molar refractivity (Wildman–Crippen MR) is 106 cm³/mol. The highest BCUT2D eigenvalue weighted by atomic mass is 127. The summed E-state index contributed by atoms with van der Waals surface area (Å²) in [7, 11) is 1.41. The SMILES string of the molecule is COc1cc(/C=C(/C#N)C(=O)Nc2ccccc2C(C)=O)cc(I)c1O. The molecule has 0 unspecified atom stereocenters. The quantitative estimate of drug-likeness (QED) is 0.305. The zero-order valence-electron chi connectivity index (χ0n) is 14.0. The van der Waals surface area contributed by atoms with Crippen LogP contribution >= 0.6 is 22.6 Å². The molecule has 2 aromatic carbocycles. The molecule has 0 aliphatic heterocycles. The van der Waals surface area contributed by atoms with Crippen LogP contribution in [0.1, 0.15) is 22.8 Å². The largest absolute Gasteiger partial charge is 0.504 e. The van der Waals surface area contributed by atoms with Crippen LogP contribution in [0.15, 0.2) is 42.0 Å². The van der Waals surface area contributed by atoms with Gasteiger partial charge in [0.1, 0.15) is 11.6 Å². The normalized spacial score (nSPS) is 10.8. The average molecular weight is 462 g/mol. The van der Waals surface area contributed by atoms with Gasteiger partial charge in [0.2, 0.25) is 0 Å². The maximum absolute atomic E-state index is 12.4. The summed E-state index contributed by atoms with van der Waals surface area (Å²) in [5.74, 6) is -0.601. The fourth-order valence-electron chi connectivity index (χ4n) is 2.24. The number of ketones is 1. The maximum atomic E-state index is 12.4. The molecule has 1 amide bonds. The number of nitrogens with zero attached hydrogens (tertiary/aromatic N) is 1. The van der Waals surface area contributed by atoms with E-state index in [0.717, 1.165) is 0 Å². The minimum atomic E-state index is -0.636. The molecule has 0 aromatic heterocycles. The number of phenols is 1. The van der Waals surface area contributed by atoms with Gasteiger partial charge in [0.25, 0.3) is 5.91 Å². The summed E-state index contributed by atoms with van der Waals surface area (Å²) in [5.41, 5.74) is 1.07. The number of nitriles is 1. The van der Waals surface area contributed by atoms with Crippen LogP contribution in [0.4, 0.5) is 5.69 Å². The highest BCUT2D eigenvalue weighted by Gasteiger charge is 2.14. The number of Topliss-reactive ketones (excluding diaryl/α,β-unsaturated/α-hetero) is 1. The van der Waals surface area contributed by atoms with E-state index in [2.05, 4.69) is 5.32 Å². The molecule has 0 radical (unpaired) electrons. The first kappa shape index (κ1) is 19.5. The molecule has 0 atom stereocenters. The molecule has 0 saturated heterocycles. The summed E-state index contributed by atoms with van der Waals surface area (Å²) in [6.45, 7) is 1.40. The number of phenolic OH excluding ortho intramolecular Hbond substituents is 1. The van der Waals surface area contributed by atoms with Crippen molar-refractivity contribution >= 4 is 46.0 Å². The first-order valence-corrected chi connectivity index (χ1v) is 8.54. The van der Waals surface area contributed by atoms with Crippen molar-refractivity contribution in [3.05, 3.63) is 56.7 Å². The van der Waals surface area contributed by atoms with Crippen LogP contribution in [0.5, 0.6) is 11.5 Å². The standard InChI is InChI=1S/C19H15IN2O4/c1-11(23)14-5-3-4-6-16(14)22-19(25)13(10-21)7-12-8-15(20)18(24)17(9-12)26-2/h3-9,24H,1-2H3,(H,22,25)/b13-7-. The number of para-hydroxylation sites is 1. The second-order valence-corrected chi connectivity index (χ2v) is 6.44. The van der Waals surface area contributed by atoms with Crippen molar-refractivity contribution in [1.29, 1.82) is 5.26 Å². The molecule has 132 valence electrons. The number of nitrogens with one attached hydrogen (secondary N) is 1. The van der Waals surface area contributed by atoms with Gasteiger partial charge in [-0.3, -0.25) is 9.59 Å². The number of hydrogen-bond donors (Lipinski definition) is 2. The van der Waals surface area contributed by atoms with Gasteiger partial charge in [0, 0.05) is 5.56 Å². The van der Waals surface area contributed by atoms with E-state index in [-0.39, 0.29) is 22.9 Å². The number of rotatable bonds is 5. The molecule has 2 aromatic rings. The second-order valence-electron chi connectivity index (χ2n) is 5.28. The maximum Gasteiger partial charge on any atom is 0.266 e. The Bertz CT molecular complexity index is 945. The third-order valence-electron chi connectivity index (χ3n) is 3.50. The predicted octanol–water partition coefficient (Wildman–Crippen LogP) is 3.75. The van der Waals surface area contributed by atoms with Crippen LogP contribution in [0.2, 0.25) is 0 Å². The van der Waals surface area contributed by atoms with E-state index in [1.807, 2.05) is 28.7 Å². The third-order valence-corrected chi connectivity index (χ3v) is 4.32. The molecule has 7 heteroatoms. The van der Waals surface area contributed by atoms with Crippen LogP contribution in [-0.4, -0.2) is 23.9 Å². The minimum absolute atomic E-state index is 0.0106. The van der Waals surface area contributed by atoms with E-state index in [9.17, 15) is 20.0 Å². The van der Waals surface area contributed by atoms with Crippen molar-refractivity contribution in [1.82, 2.24) is 0 Å². The van der Waals surface area contributed by atoms with Crippen molar-refractivity contribution in [2.24, 2.45) is 0 Å². The Kier molecular flexibility index (Phi) is 6.36. The van der Waals surface area contributed by atoms with E-state index in [0.29, 0.717) is 20.4 Å². The van der Waals surface area contributed by atoms with Gasteiger partial charge in [-0.25, -0.2) is 0 Å². The summed E-state index contributed by atoms with van der Waals surface area (Å²) < 4.78 is 5.60. The molecule has 0 aliphatic carbocycles. The van der Waals surface area contributed by atoms with Crippen molar-refractivity contribution < 1.29 is 19.4 Å². The Morgan fingerprint density at radius 1 is 1.31 bits per heavy atom. The monoisotopic (exact) mass is 462 g/mol. The number of hydrogen-bond acceptors (Lipinski definition) is 5. The zero-order chi connectivity index (χ0) is 19.3. The molecule has 0 saturated carbocycles. The summed E-state index contributed by atoms with van der Waals surface area (Å²) >= 11 is 1.93. The molecular weight excluding hydrogens is 447 g/mol. The van der Waals surface area contributed by atoms with Crippen LogP contribution < -0.4 is 10.1 Å². The Labute approximate surface area is 164 Å². The smallest absolute Gasteiger partial charge is 0.266 e. The van der Waals surface area contributed by atoms with Crippen molar-refractivity contribution in [2.75, 3.05) is 12.4 Å². The molecule has 6 nitrogen and oxygen atoms in total. The summed E-state index contributed by atoms with van der Waals surface area (Å²) in [6.07, 6.45) is 1.38. The van der Waals surface area contributed by atoms with Crippen molar-refractivity contribution in [3.63, 3.8) is 0 Å². The van der Waals surface area contributed by atoms with Gasteiger partial charge in [-0.2, -0.15) is 5.26 Å². The molecule has 0 aliphatic rings. The van der Waals surface area contributed by atoms with Gasteiger partial charge in [-0.1, -0.05) is 12.1 Å². The number of amides is 1. The van der Waals surface area contributed by atoms with E-state index in [1.165, 1.54) is 26.2 Å². The summed E-state index contributed by atoms with van der Waals surface area (Å²) in [6, 6.07) is 11.6. The minimum Gasteiger partial charge on any atom is -0.504 e. The first-order chi connectivity index (χ1) is 12.4. The topological polar surface area (TPSA) is 99.4 Å². The van der Waals surface area contributed by atoms with Crippen molar-refractivity contribution in [2.45, 2.75) is 6.92 Å². The summed E-state index contributed by atoms with van der Waals surface area (Å²) in [4.78, 5) is 24.1. The Morgan fingerprint density at radius 2 is 2.00 bits per heavy atom. The lowest BCUT2D eigenvalue weighted by atomic mass is 10.1. The van der Waals surface area contributed by atoms with E-state index in [4.69, 9.17) is 4.74 Å². The van der Waals surface area contributed by atoms with Crippen LogP contribution in [0, 0.1) is 14.9 Å². The zero-order valence-corrected chi connectivity index (χ0v) is 16.2. The molecule has 2 rings (SSSR count). The fourth-order valence-corrected chi connectivity index (χ4v) is 2.86. The van der Waals surface area contributed by atoms with E-state index in [1.54, 1.807) is 30.3 Å². The van der Waals surface area contributed by atoms with Gasteiger partial charge in [0.05, 0.1) is 16.4 Å². The molecule has 0 spiro atoms. The molecule has 0 heterocycles. The molecule has 2 N–H and O–H groups in total. The van der Waals surface area contributed by atoms with Gasteiger partial charge >= 0.3 is 0 Å². The van der Waals surface area contributed by atoms with E-state index < -0.39 is 5.91 Å². The number of anilines is 1. The molecule has 0 fully saturated rings. The highest BCUT2D eigenvalue weighted by molar-refractivity contribution is 14.1. The lowest BCUT2D eigenvalue weighted by molar-refractivity contribution is -0.112. The van der Waals surface area contributed by atoms with Gasteiger partial charge in [0.15, 0.2) is 17.3 Å². The fraction of sp³-hybridized carbons (Fsp3) is 0.105. The highest BCUT2D eigenvalue weighted by Crippen LogP contribution is 2.33. The van der Waals surface area contributed by atoms with Crippen LogP contribution in [0.25, 0.3) is 6.08 Å². The number of ether oxygens (including phenoxy) is 1. The lowest BCUT2D eigenvalue weighted by Crippen LogP contribution is -2.15. The van der Waals surface area contributed by atoms with Crippen LogP contribution in [-0.2, 0) is 4.79 Å². The molecular formula is C19H15IN2O4. The number of aromatic hydroxyl groups is 1. The lowest BCUT2D eigenvalue weighted by Gasteiger charge is -2.09. The first-order valence-electron chi connectivity index (χ1n) is 7.47. The number of halogens is 1. The number of benzene rings is 2. The van der Waals surface area contributed by atoms with Gasteiger partial charge < -0.3 is 15.2 Å². The average Bonchev–Trinajstić information content (AvgIpc) is 2.62.